The number of nitrogens with zero attached hydrogens (tertiary/aromatic N) is 3. The summed E-state index contributed by atoms with van der Waals surface area (Å²) < 4.78 is 0. The average Bonchev–Trinajstić information content (AvgIpc) is 2.91. The number of amides is 2. The number of hydrogen-bond donors (Lipinski definition) is 1. The minimum Gasteiger partial charge on any atom is -0.341 e. The third kappa shape index (κ3) is 3.62. The number of hydrogen-bond acceptors (Lipinski definition) is 4. The van der Waals surface area contributed by atoms with Crippen molar-refractivity contribution in [2.24, 2.45) is 5.73 Å². The Morgan fingerprint density at radius 3 is 2.73 bits per heavy atom. The van der Waals surface area contributed by atoms with Crippen molar-refractivity contribution in [2.45, 2.75) is 38.8 Å². The zero-order valence-corrected chi connectivity index (χ0v) is 13.2. The Labute approximate surface area is 131 Å². The number of aromatic nitrogens is 1. The molecule has 0 bridgehead atoms. The predicted octanol–water partition coefficient (Wildman–Crippen LogP) is 0.421. The van der Waals surface area contributed by atoms with E-state index in [-0.39, 0.29) is 24.3 Å². The Morgan fingerprint density at radius 1 is 1.41 bits per heavy atom. The number of nitrogens with two attached hydrogens (primary N) is 1. The number of rotatable bonds is 5. The molecule has 2 N–H and O–H groups in total. The lowest BCUT2D eigenvalue weighted by Gasteiger charge is -2.29. The maximum atomic E-state index is 12.6. The van der Waals surface area contributed by atoms with Gasteiger partial charge in [0.1, 0.15) is 6.04 Å². The zero-order chi connectivity index (χ0) is 16.1. The first kappa shape index (κ1) is 16.4. The molecule has 0 radical (unpaired) electrons. The molecule has 0 aliphatic carbocycles. The second-order valence-electron chi connectivity index (χ2n) is 5.61. The molecule has 1 saturated heterocycles. The third-order valence-electron chi connectivity index (χ3n) is 4.09. The fraction of sp³-hybridized carbons (Fsp3) is 0.562. The van der Waals surface area contributed by atoms with E-state index in [1.54, 1.807) is 28.3 Å². The van der Waals surface area contributed by atoms with E-state index in [4.69, 9.17) is 5.73 Å². The van der Waals surface area contributed by atoms with E-state index in [1.807, 2.05) is 19.9 Å². The smallest absolute Gasteiger partial charge is 0.245 e. The SMILES string of the molecule is CCN(CC)C(=O)[C@@H]1C[C@H](N)CN1C(=O)Cc1cccnc1. The number of likely N-dealkylation sites (N-methyl/N-ethyl adjacent to an activating group) is 1. The van der Waals surface area contributed by atoms with Crippen LogP contribution in [0.3, 0.4) is 0 Å². The first-order valence-electron chi connectivity index (χ1n) is 7.79. The van der Waals surface area contributed by atoms with E-state index >= 15 is 0 Å². The normalized spacial score (nSPS) is 21.0. The molecule has 2 rings (SSSR count). The summed E-state index contributed by atoms with van der Waals surface area (Å²) in [5, 5.41) is 0. The van der Waals surface area contributed by atoms with E-state index in [0.29, 0.717) is 26.1 Å². The Kier molecular flexibility index (Phi) is 5.49. The summed E-state index contributed by atoms with van der Waals surface area (Å²) in [6.07, 6.45) is 4.14. The molecule has 0 aromatic carbocycles. The van der Waals surface area contributed by atoms with Gasteiger partial charge in [-0.25, -0.2) is 0 Å². The van der Waals surface area contributed by atoms with Crippen LogP contribution >= 0.6 is 0 Å². The lowest BCUT2D eigenvalue weighted by molar-refractivity contribution is -0.143. The lowest BCUT2D eigenvalue weighted by Crippen LogP contribution is -2.48. The van der Waals surface area contributed by atoms with Crippen molar-refractivity contribution >= 4 is 11.8 Å². The minimum absolute atomic E-state index is 0.00233. The molecular weight excluding hydrogens is 280 g/mol. The highest BCUT2D eigenvalue weighted by molar-refractivity contribution is 5.89. The van der Waals surface area contributed by atoms with Crippen molar-refractivity contribution in [1.29, 1.82) is 0 Å². The third-order valence-corrected chi connectivity index (χ3v) is 4.09. The molecule has 2 heterocycles. The van der Waals surface area contributed by atoms with Gasteiger partial charge >= 0.3 is 0 Å². The van der Waals surface area contributed by atoms with Gasteiger partial charge in [-0.1, -0.05) is 6.07 Å². The first-order valence-corrected chi connectivity index (χ1v) is 7.79. The number of carbonyl (C=O) groups excluding carboxylic acids is 2. The van der Waals surface area contributed by atoms with Crippen LogP contribution in [0.25, 0.3) is 0 Å². The zero-order valence-electron chi connectivity index (χ0n) is 13.2. The monoisotopic (exact) mass is 304 g/mol. The summed E-state index contributed by atoms with van der Waals surface area (Å²) >= 11 is 0. The molecule has 2 amide bonds. The molecule has 0 spiro atoms. The van der Waals surface area contributed by atoms with Crippen LogP contribution in [0, 0.1) is 0 Å². The van der Waals surface area contributed by atoms with Crippen LogP contribution in [-0.4, -0.2) is 58.3 Å². The molecule has 22 heavy (non-hydrogen) atoms. The number of pyridine rings is 1. The van der Waals surface area contributed by atoms with Crippen molar-refractivity contribution in [1.82, 2.24) is 14.8 Å². The summed E-state index contributed by atoms with van der Waals surface area (Å²) in [5.41, 5.74) is 6.84. The van der Waals surface area contributed by atoms with Crippen LogP contribution in [0.2, 0.25) is 0 Å². The van der Waals surface area contributed by atoms with Crippen LogP contribution in [0.4, 0.5) is 0 Å². The van der Waals surface area contributed by atoms with Gasteiger partial charge in [0.15, 0.2) is 0 Å². The van der Waals surface area contributed by atoms with E-state index in [1.165, 1.54) is 0 Å². The van der Waals surface area contributed by atoms with Gasteiger partial charge in [0.25, 0.3) is 0 Å². The van der Waals surface area contributed by atoms with Crippen LogP contribution in [0.15, 0.2) is 24.5 Å². The average molecular weight is 304 g/mol. The Bertz CT molecular complexity index is 516. The second-order valence-corrected chi connectivity index (χ2v) is 5.61. The van der Waals surface area contributed by atoms with Crippen molar-refractivity contribution in [3.8, 4) is 0 Å². The van der Waals surface area contributed by atoms with Crippen molar-refractivity contribution < 1.29 is 9.59 Å². The minimum atomic E-state index is -0.431. The molecule has 1 fully saturated rings. The van der Waals surface area contributed by atoms with Gasteiger partial charge in [-0.3, -0.25) is 14.6 Å². The van der Waals surface area contributed by atoms with Gasteiger partial charge in [-0.15, -0.1) is 0 Å². The molecule has 1 aliphatic heterocycles. The Hall–Kier alpha value is -1.95. The maximum absolute atomic E-state index is 12.6. The van der Waals surface area contributed by atoms with Crippen LogP contribution in [-0.2, 0) is 16.0 Å². The molecule has 6 nitrogen and oxygen atoms in total. The quantitative estimate of drug-likeness (QED) is 0.855. The fourth-order valence-electron chi connectivity index (χ4n) is 2.90. The molecule has 0 saturated carbocycles. The highest BCUT2D eigenvalue weighted by Gasteiger charge is 2.39. The second kappa shape index (κ2) is 7.35. The Morgan fingerprint density at radius 2 is 2.14 bits per heavy atom. The summed E-state index contributed by atoms with van der Waals surface area (Å²) in [4.78, 5) is 32.5. The molecule has 1 aliphatic rings. The van der Waals surface area contributed by atoms with E-state index in [0.717, 1.165) is 5.56 Å². The number of likely N-dealkylation sites (tertiary alicyclic amines) is 1. The van der Waals surface area contributed by atoms with Crippen molar-refractivity contribution in [3.63, 3.8) is 0 Å². The van der Waals surface area contributed by atoms with Gasteiger partial charge in [-0.2, -0.15) is 0 Å². The topological polar surface area (TPSA) is 79.5 Å². The van der Waals surface area contributed by atoms with Crippen molar-refractivity contribution in [2.75, 3.05) is 19.6 Å². The first-order chi connectivity index (χ1) is 10.6. The molecule has 0 unspecified atom stereocenters. The largest absolute Gasteiger partial charge is 0.341 e. The molecule has 120 valence electrons. The van der Waals surface area contributed by atoms with Gasteiger partial charge in [-0.05, 0) is 31.9 Å². The van der Waals surface area contributed by atoms with E-state index in [2.05, 4.69) is 4.98 Å². The van der Waals surface area contributed by atoms with E-state index in [9.17, 15) is 9.59 Å². The van der Waals surface area contributed by atoms with Gasteiger partial charge in [0.2, 0.25) is 11.8 Å². The highest BCUT2D eigenvalue weighted by atomic mass is 16.2. The Balaban J connectivity index is 2.10. The summed E-state index contributed by atoms with van der Waals surface area (Å²) in [7, 11) is 0. The summed E-state index contributed by atoms with van der Waals surface area (Å²) in [6.45, 7) is 5.62. The molecule has 2 atom stereocenters. The van der Waals surface area contributed by atoms with E-state index < -0.39 is 6.04 Å². The standard InChI is InChI=1S/C16H24N4O2/c1-3-19(4-2)16(22)14-9-13(17)11-20(14)15(21)8-12-6-5-7-18-10-12/h5-7,10,13-14H,3-4,8-9,11,17H2,1-2H3/t13-,14-/m0/s1. The molecule has 6 heteroatoms. The summed E-state index contributed by atoms with van der Waals surface area (Å²) in [6, 6.07) is 3.10. The van der Waals surface area contributed by atoms with Gasteiger partial charge in [0, 0.05) is 38.1 Å². The summed E-state index contributed by atoms with van der Waals surface area (Å²) in [5.74, 6) is -0.0658. The van der Waals surface area contributed by atoms with Crippen LogP contribution < -0.4 is 5.73 Å². The lowest BCUT2D eigenvalue weighted by atomic mass is 10.1. The predicted molar refractivity (Wildman–Crippen MR) is 84.0 cm³/mol. The van der Waals surface area contributed by atoms with Gasteiger partial charge in [0.05, 0.1) is 6.42 Å². The van der Waals surface area contributed by atoms with Gasteiger partial charge < -0.3 is 15.5 Å². The fourth-order valence-corrected chi connectivity index (χ4v) is 2.90. The number of carbonyl (C=O) groups is 2. The van der Waals surface area contributed by atoms with Crippen LogP contribution in [0.5, 0.6) is 0 Å². The molecular formula is C16H24N4O2. The highest BCUT2D eigenvalue weighted by Crippen LogP contribution is 2.20. The van der Waals surface area contributed by atoms with Crippen LogP contribution in [0.1, 0.15) is 25.8 Å². The van der Waals surface area contributed by atoms with Crippen molar-refractivity contribution in [3.05, 3.63) is 30.1 Å². The maximum Gasteiger partial charge on any atom is 0.245 e. The molecule has 1 aromatic heterocycles. The molecule has 1 aromatic rings.